The number of benzene rings is 2. The lowest BCUT2D eigenvalue weighted by atomic mass is 9.94. The van der Waals surface area contributed by atoms with E-state index in [1.165, 1.54) is 12.0 Å². The van der Waals surface area contributed by atoms with Crippen molar-refractivity contribution in [1.82, 2.24) is 4.90 Å². The van der Waals surface area contributed by atoms with Gasteiger partial charge in [-0.05, 0) is 48.7 Å². The van der Waals surface area contributed by atoms with Crippen LogP contribution in [0.3, 0.4) is 0 Å². The Hall–Kier alpha value is -3.72. The minimum absolute atomic E-state index is 0.000740. The summed E-state index contributed by atoms with van der Waals surface area (Å²) in [5.74, 6) is 0.369. The minimum atomic E-state index is -0.816. The van der Waals surface area contributed by atoms with E-state index in [1.54, 1.807) is 43.5 Å². The predicted octanol–water partition coefficient (Wildman–Crippen LogP) is 4.10. The smallest absolute Gasteiger partial charge is 0.295 e. The SMILES string of the molecule is CCCCOc1ccc(C2/C(=C(\O)c3ccc4c(c3)OCCO4)C(=O)C(=O)N2CCCOC)cc1OC. The fraction of sp³-hybridized carbons (Fsp3) is 0.429. The quantitative estimate of drug-likeness (QED) is 0.208. The van der Waals surface area contributed by atoms with Crippen molar-refractivity contribution in [1.29, 1.82) is 0 Å². The molecule has 0 aromatic heterocycles. The number of fused-ring (bicyclic) bond motifs is 1. The van der Waals surface area contributed by atoms with E-state index in [4.69, 9.17) is 23.7 Å². The minimum Gasteiger partial charge on any atom is -0.507 e. The van der Waals surface area contributed by atoms with Gasteiger partial charge in [-0.25, -0.2) is 0 Å². The number of methoxy groups -OCH3 is 2. The topological polar surface area (TPSA) is 104 Å². The molecule has 1 N–H and O–H groups in total. The lowest BCUT2D eigenvalue weighted by molar-refractivity contribution is -0.140. The van der Waals surface area contributed by atoms with E-state index >= 15 is 0 Å². The van der Waals surface area contributed by atoms with E-state index in [-0.39, 0.29) is 17.9 Å². The number of nitrogens with zero attached hydrogens (tertiary/aromatic N) is 1. The van der Waals surface area contributed by atoms with Crippen LogP contribution in [0.15, 0.2) is 42.0 Å². The van der Waals surface area contributed by atoms with Crippen LogP contribution >= 0.6 is 0 Å². The number of unbranched alkanes of at least 4 members (excludes halogenated alkanes) is 1. The van der Waals surface area contributed by atoms with Crippen LogP contribution in [-0.2, 0) is 14.3 Å². The maximum absolute atomic E-state index is 13.3. The molecule has 9 heteroatoms. The zero-order valence-electron chi connectivity index (χ0n) is 21.5. The Bertz CT molecular complexity index is 1170. The normalized spacial score (nSPS) is 18.2. The number of carbonyl (C=O) groups excluding carboxylic acids is 2. The van der Waals surface area contributed by atoms with E-state index in [2.05, 4.69) is 6.92 Å². The molecular formula is C28H33NO8. The number of rotatable bonds is 11. The average Bonchev–Trinajstić information content (AvgIpc) is 3.17. The Morgan fingerprint density at radius 1 is 1.00 bits per heavy atom. The van der Waals surface area contributed by atoms with Crippen molar-refractivity contribution in [3.05, 3.63) is 53.1 Å². The number of ether oxygens (including phenoxy) is 5. The van der Waals surface area contributed by atoms with Gasteiger partial charge in [0.15, 0.2) is 23.0 Å². The summed E-state index contributed by atoms with van der Waals surface area (Å²) in [6.07, 6.45) is 2.43. The molecule has 1 amide bonds. The first kappa shape index (κ1) is 26.3. The van der Waals surface area contributed by atoms with E-state index in [1.807, 2.05) is 0 Å². The van der Waals surface area contributed by atoms with E-state index in [9.17, 15) is 14.7 Å². The molecule has 0 bridgehead atoms. The largest absolute Gasteiger partial charge is 0.507 e. The molecule has 1 saturated heterocycles. The fourth-order valence-corrected chi connectivity index (χ4v) is 4.48. The predicted molar refractivity (Wildman–Crippen MR) is 136 cm³/mol. The molecule has 1 unspecified atom stereocenters. The number of amides is 1. The highest BCUT2D eigenvalue weighted by molar-refractivity contribution is 6.46. The van der Waals surface area contributed by atoms with Crippen LogP contribution in [0.25, 0.3) is 5.76 Å². The summed E-state index contributed by atoms with van der Waals surface area (Å²) in [5.41, 5.74) is 0.979. The fourth-order valence-electron chi connectivity index (χ4n) is 4.48. The lowest BCUT2D eigenvalue weighted by Crippen LogP contribution is -2.31. The summed E-state index contributed by atoms with van der Waals surface area (Å²) >= 11 is 0. The number of likely N-dealkylation sites (tertiary alicyclic amines) is 1. The summed E-state index contributed by atoms with van der Waals surface area (Å²) in [6.45, 7) is 4.14. The first-order valence-electron chi connectivity index (χ1n) is 12.5. The molecule has 2 heterocycles. The van der Waals surface area contributed by atoms with Crippen molar-refractivity contribution in [2.45, 2.75) is 32.2 Å². The first-order valence-corrected chi connectivity index (χ1v) is 12.5. The van der Waals surface area contributed by atoms with Crippen molar-refractivity contribution in [2.24, 2.45) is 0 Å². The Kier molecular flexibility index (Phi) is 8.55. The Morgan fingerprint density at radius 3 is 2.51 bits per heavy atom. The number of carbonyl (C=O) groups is 2. The monoisotopic (exact) mass is 511 g/mol. The van der Waals surface area contributed by atoms with E-state index < -0.39 is 17.7 Å². The first-order chi connectivity index (χ1) is 18.0. The highest BCUT2D eigenvalue weighted by Gasteiger charge is 2.46. The lowest BCUT2D eigenvalue weighted by Gasteiger charge is -2.26. The standard InChI is InChI=1S/C28H33NO8/c1-4-5-13-35-20-9-7-18(16-22(20)34-3)25-24(27(31)28(32)29(25)11-6-12-33-2)26(30)19-8-10-21-23(17-19)37-15-14-36-21/h7-10,16-17,25,30H,4-6,11-15H2,1-3H3/b26-24+. The molecule has 1 atom stereocenters. The van der Waals surface area contributed by atoms with Gasteiger partial charge in [-0.15, -0.1) is 0 Å². The second-order valence-corrected chi connectivity index (χ2v) is 8.81. The molecule has 0 saturated carbocycles. The number of aliphatic hydroxyl groups is 1. The second kappa shape index (κ2) is 12.0. The van der Waals surface area contributed by atoms with Crippen LogP contribution < -0.4 is 18.9 Å². The van der Waals surface area contributed by atoms with Crippen LogP contribution in [0, 0.1) is 0 Å². The third kappa shape index (κ3) is 5.51. The van der Waals surface area contributed by atoms with Crippen LogP contribution in [0.2, 0.25) is 0 Å². The molecule has 0 spiro atoms. The summed E-state index contributed by atoms with van der Waals surface area (Å²) in [4.78, 5) is 27.9. The maximum Gasteiger partial charge on any atom is 0.295 e. The van der Waals surface area contributed by atoms with Crippen LogP contribution in [0.1, 0.15) is 43.4 Å². The zero-order chi connectivity index (χ0) is 26.4. The van der Waals surface area contributed by atoms with E-state index in [0.29, 0.717) is 67.0 Å². The van der Waals surface area contributed by atoms with Gasteiger partial charge in [0, 0.05) is 25.8 Å². The molecule has 1 fully saturated rings. The number of hydrogen-bond donors (Lipinski definition) is 1. The van der Waals surface area contributed by atoms with Gasteiger partial charge in [0.25, 0.3) is 11.7 Å². The van der Waals surface area contributed by atoms with Gasteiger partial charge in [0.2, 0.25) is 0 Å². The molecule has 2 aliphatic rings. The van der Waals surface area contributed by atoms with Crippen molar-refractivity contribution >= 4 is 17.4 Å². The van der Waals surface area contributed by atoms with Crippen LogP contribution in [0.5, 0.6) is 23.0 Å². The molecule has 0 radical (unpaired) electrons. The number of ketones is 1. The highest BCUT2D eigenvalue weighted by Crippen LogP contribution is 2.43. The zero-order valence-corrected chi connectivity index (χ0v) is 21.5. The molecule has 37 heavy (non-hydrogen) atoms. The molecule has 2 aromatic carbocycles. The van der Waals surface area contributed by atoms with Crippen LogP contribution in [-0.4, -0.2) is 68.9 Å². The van der Waals surface area contributed by atoms with Gasteiger partial charge in [0.05, 0.1) is 25.3 Å². The number of hydrogen-bond acceptors (Lipinski definition) is 8. The third-order valence-corrected chi connectivity index (χ3v) is 6.36. The van der Waals surface area contributed by atoms with Crippen LogP contribution in [0.4, 0.5) is 0 Å². The van der Waals surface area contributed by atoms with Gasteiger partial charge in [-0.2, -0.15) is 0 Å². The number of aliphatic hydroxyl groups excluding tert-OH is 1. The third-order valence-electron chi connectivity index (χ3n) is 6.36. The van der Waals surface area contributed by atoms with Gasteiger partial charge >= 0.3 is 0 Å². The summed E-state index contributed by atoms with van der Waals surface area (Å²) in [6, 6.07) is 9.43. The van der Waals surface area contributed by atoms with E-state index in [0.717, 1.165) is 12.8 Å². The van der Waals surface area contributed by atoms with Gasteiger partial charge in [-0.1, -0.05) is 19.4 Å². The molecular weight excluding hydrogens is 478 g/mol. The summed E-state index contributed by atoms with van der Waals surface area (Å²) in [7, 11) is 3.12. The summed E-state index contributed by atoms with van der Waals surface area (Å²) in [5, 5.41) is 11.4. The van der Waals surface area contributed by atoms with Crippen molar-refractivity contribution in [2.75, 3.05) is 47.2 Å². The van der Waals surface area contributed by atoms with Crippen molar-refractivity contribution in [3.63, 3.8) is 0 Å². The molecule has 2 aromatic rings. The molecule has 2 aliphatic heterocycles. The Morgan fingerprint density at radius 2 is 1.78 bits per heavy atom. The Balaban J connectivity index is 1.78. The van der Waals surface area contributed by atoms with Gasteiger partial charge < -0.3 is 33.7 Å². The summed E-state index contributed by atoms with van der Waals surface area (Å²) < 4.78 is 27.8. The maximum atomic E-state index is 13.3. The molecule has 9 nitrogen and oxygen atoms in total. The van der Waals surface area contributed by atoms with Crippen molar-refractivity contribution < 1.29 is 38.4 Å². The van der Waals surface area contributed by atoms with Crippen molar-refractivity contribution in [3.8, 4) is 23.0 Å². The average molecular weight is 512 g/mol. The Labute approximate surface area is 216 Å². The molecule has 0 aliphatic carbocycles. The molecule has 4 rings (SSSR count). The second-order valence-electron chi connectivity index (χ2n) is 8.81. The van der Waals surface area contributed by atoms with Gasteiger partial charge in [0.1, 0.15) is 19.0 Å². The van der Waals surface area contributed by atoms with Gasteiger partial charge in [-0.3, -0.25) is 9.59 Å². The highest BCUT2D eigenvalue weighted by atomic mass is 16.6. The molecule has 198 valence electrons. The number of Topliss-reactive ketones (excluding diaryl/α,β-unsaturated/α-hetero) is 1.